The Balaban J connectivity index is 0.849. The number of carbonyl (C=O) groups excluding carboxylic acids is 4. The van der Waals surface area contributed by atoms with E-state index in [9.17, 15) is 19.2 Å². The molecule has 4 aliphatic rings. The Bertz CT molecular complexity index is 2450. The number of methoxy groups -OCH3 is 1. The molecule has 0 spiro atoms. The molecule has 0 unspecified atom stereocenters. The molecule has 0 radical (unpaired) electrons. The molecule has 3 aromatic carbocycles. The summed E-state index contributed by atoms with van der Waals surface area (Å²) in [6.07, 6.45) is 6.72. The van der Waals surface area contributed by atoms with E-state index in [0.29, 0.717) is 86.9 Å². The third kappa shape index (κ3) is 8.94. The van der Waals surface area contributed by atoms with Gasteiger partial charge in [-0.15, -0.1) is 0 Å². The van der Waals surface area contributed by atoms with Crippen LogP contribution in [0.3, 0.4) is 0 Å². The van der Waals surface area contributed by atoms with E-state index in [1.165, 1.54) is 25.4 Å². The first-order valence-electron chi connectivity index (χ1n) is 21.9. The van der Waals surface area contributed by atoms with Crippen molar-refractivity contribution in [2.24, 2.45) is 5.92 Å². The molecule has 3 aliphatic heterocycles. The summed E-state index contributed by atoms with van der Waals surface area (Å²) in [5.74, 6) is -1.02. The minimum atomic E-state index is -0.978. The summed E-state index contributed by atoms with van der Waals surface area (Å²) in [5.41, 5.74) is 2.78. The molecule has 1 aliphatic carbocycles. The van der Waals surface area contributed by atoms with Crippen LogP contribution in [0.15, 0.2) is 85.2 Å². The average Bonchev–Trinajstić information content (AvgIpc) is 3.63. The zero-order valence-electron chi connectivity index (χ0n) is 35.5. The van der Waals surface area contributed by atoms with E-state index >= 15 is 8.78 Å². The molecule has 15 nitrogen and oxygen atoms in total. The summed E-state index contributed by atoms with van der Waals surface area (Å²) < 4.78 is 42.5. The molecular weight excluding hydrogens is 825 g/mol. The van der Waals surface area contributed by atoms with Crippen molar-refractivity contribution in [3.05, 3.63) is 125 Å². The van der Waals surface area contributed by atoms with Crippen LogP contribution in [0.5, 0.6) is 0 Å². The molecule has 4 atom stereocenters. The number of alkyl carbamates (subject to hydrolysis) is 1. The van der Waals surface area contributed by atoms with E-state index in [1.807, 2.05) is 36.4 Å². The van der Waals surface area contributed by atoms with E-state index < -0.39 is 41.9 Å². The fourth-order valence-corrected chi connectivity index (χ4v) is 9.21. The first-order chi connectivity index (χ1) is 31.2. The number of ether oxygens (including phenoxy) is 2. The van der Waals surface area contributed by atoms with Gasteiger partial charge in [0.2, 0.25) is 5.91 Å². The average molecular weight is 876 g/mol. The summed E-state index contributed by atoms with van der Waals surface area (Å²) >= 11 is 0. The number of halogens is 2. The van der Waals surface area contributed by atoms with E-state index in [4.69, 9.17) is 14.5 Å². The van der Waals surface area contributed by atoms with Crippen LogP contribution in [-0.2, 0) is 23.9 Å². The molecule has 0 bridgehead atoms. The van der Waals surface area contributed by atoms with Gasteiger partial charge in [-0.25, -0.2) is 23.5 Å². The Morgan fingerprint density at radius 1 is 0.750 bits per heavy atom. The highest BCUT2D eigenvalue weighted by Gasteiger charge is 2.40. The SMILES string of the molecule is COC(=O)N[C@@H](C(=O)N1CCC[C@H]1c1ncc(-c2cc(F)c(N3CCC(c4cnc([C@@H]5COCCN5C(=O)[C@H](NC(=O)C5CC5)c5ccccc5)[nH]4)CC3)c(F)c2)[nH]1)c1ccccc1. The van der Waals surface area contributed by atoms with Crippen molar-refractivity contribution >= 4 is 29.5 Å². The van der Waals surface area contributed by atoms with E-state index in [-0.39, 0.29) is 47.4 Å². The largest absolute Gasteiger partial charge is 0.453 e. The summed E-state index contributed by atoms with van der Waals surface area (Å²) in [6.45, 7) is 2.18. The summed E-state index contributed by atoms with van der Waals surface area (Å²) in [7, 11) is 1.24. The molecular formula is C47H51F2N9O6. The van der Waals surface area contributed by atoms with Gasteiger partial charge in [-0.05, 0) is 61.8 Å². The minimum absolute atomic E-state index is 0.0381. The number of benzene rings is 3. The Kier molecular flexibility index (Phi) is 12.4. The lowest BCUT2D eigenvalue weighted by Crippen LogP contribution is -2.49. The van der Waals surface area contributed by atoms with Crippen LogP contribution >= 0.6 is 0 Å². The van der Waals surface area contributed by atoms with Crippen LogP contribution in [0.25, 0.3) is 11.3 Å². The number of rotatable bonds is 12. The maximum absolute atomic E-state index is 16.0. The standard InChI is InChI=1S/C47H51F2N9O6/c1-63-47(62)55-40(30-11-6-3-7-12-30)46(61)57-18-8-13-37(57)42-50-26-36(53-42)32-23-33(48)41(34(49)24-32)56-19-16-28(17-20-56)35-25-51-43(52-35)38-27-64-22-21-58(38)45(60)39(29-9-4-2-5-10-29)54-44(59)31-14-15-31/h2-7,9-12,23-26,28,31,37-40H,8,13-22,27H2,1H3,(H,50,53)(H,51,52)(H,54,59)(H,55,62)/t37-,38-,39+,40+/m0/s1. The molecule has 4 amide bonds. The number of piperidine rings is 1. The highest BCUT2D eigenvalue weighted by Crippen LogP contribution is 2.38. The van der Waals surface area contributed by atoms with E-state index in [2.05, 4.69) is 25.6 Å². The summed E-state index contributed by atoms with van der Waals surface area (Å²) in [4.78, 5) is 74.2. The lowest BCUT2D eigenvalue weighted by Gasteiger charge is -2.37. The second kappa shape index (κ2) is 18.6. The first kappa shape index (κ1) is 42.7. The van der Waals surface area contributed by atoms with Crippen LogP contribution in [-0.4, -0.2) is 100 Å². The highest BCUT2D eigenvalue weighted by molar-refractivity contribution is 5.90. The molecule has 2 aromatic heterocycles. The zero-order chi connectivity index (χ0) is 44.3. The Morgan fingerprint density at radius 3 is 2.00 bits per heavy atom. The van der Waals surface area contributed by atoms with Crippen molar-refractivity contribution < 1.29 is 37.4 Å². The second-order valence-electron chi connectivity index (χ2n) is 16.9. The third-order valence-corrected chi connectivity index (χ3v) is 12.8. The number of imidazole rings is 2. The molecule has 5 aromatic rings. The van der Waals surface area contributed by atoms with Crippen molar-refractivity contribution in [1.29, 1.82) is 0 Å². The number of aromatic amines is 2. The summed E-state index contributed by atoms with van der Waals surface area (Å²) in [5, 5.41) is 5.65. The number of aromatic nitrogens is 4. The molecule has 9 rings (SSSR count). The number of likely N-dealkylation sites (tertiary alicyclic amines) is 1. The third-order valence-electron chi connectivity index (χ3n) is 12.8. The number of nitrogens with zero attached hydrogens (tertiary/aromatic N) is 5. The van der Waals surface area contributed by atoms with Gasteiger partial charge in [0.15, 0.2) is 0 Å². The Hall–Kier alpha value is -6.62. The number of hydrogen-bond acceptors (Lipinski definition) is 9. The van der Waals surface area contributed by atoms with Crippen LogP contribution in [0.2, 0.25) is 0 Å². The predicted octanol–water partition coefficient (Wildman–Crippen LogP) is 6.39. The quantitative estimate of drug-likeness (QED) is 0.111. The summed E-state index contributed by atoms with van der Waals surface area (Å²) in [6, 6.07) is 18.0. The Labute approximate surface area is 368 Å². The molecule has 334 valence electrons. The first-order valence-corrected chi connectivity index (χ1v) is 21.9. The molecule has 5 heterocycles. The van der Waals surface area contributed by atoms with Gasteiger partial charge in [0.05, 0.1) is 38.3 Å². The van der Waals surface area contributed by atoms with Gasteiger partial charge in [-0.3, -0.25) is 14.4 Å². The molecule has 4 fully saturated rings. The number of H-pyrrole nitrogens is 2. The van der Waals surface area contributed by atoms with Crippen LogP contribution in [0, 0.1) is 17.6 Å². The zero-order valence-corrected chi connectivity index (χ0v) is 35.5. The lowest BCUT2D eigenvalue weighted by atomic mass is 9.93. The monoisotopic (exact) mass is 875 g/mol. The van der Waals surface area contributed by atoms with E-state index in [0.717, 1.165) is 18.5 Å². The number of hydrogen-bond donors (Lipinski definition) is 4. The molecule has 17 heteroatoms. The predicted molar refractivity (Wildman–Crippen MR) is 230 cm³/mol. The number of morpholine rings is 1. The number of amides is 4. The maximum atomic E-state index is 16.0. The van der Waals surface area contributed by atoms with Gasteiger partial charge in [-0.2, -0.15) is 0 Å². The highest BCUT2D eigenvalue weighted by atomic mass is 19.1. The van der Waals surface area contributed by atoms with Crippen LogP contribution in [0.1, 0.15) is 97.1 Å². The molecule has 3 saturated heterocycles. The van der Waals surface area contributed by atoms with Gasteiger partial charge in [0.1, 0.15) is 47.1 Å². The topological polar surface area (TPSA) is 178 Å². The van der Waals surface area contributed by atoms with Crippen molar-refractivity contribution in [3.63, 3.8) is 0 Å². The maximum Gasteiger partial charge on any atom is 0.407 e. The van der Waals surface area contributed by atoms with Gasteiger partial charge in [-0.1, -0.05) is 60.7 Å². The van der Waals surface area contributed by atoms with Gasteiger partial charge >= 0.3 is 6.09 Å². The van der Waals surface area contributed by atoms with E-state index in [1.54, 1.807) is 45.2 Å². The Morgan fingerprint density at radius 2 is 1.36 bits per heavy atom. The van der Waals surface area contributed by atoms with Crippen molar-refractivity contribution in [3.8, 4) is 11.3 Å². The van der Waals surface area contributed by atoms with Gasteiger partial charge < -0.3 is 44.8 Å². The van der Waals surface area contributed by atoms with Crippen molar-refractivity contribution in [2.45, 2.75) is 68.6 Å². The minimum Gasteiger partial charge on any atom is -0.453 e. The van der Waals surface area contributed by atoms with Crippen molar-refractivity contribution in [2.75, 3.05) is 51.4 Å². The van der Waals surface area contributed by atoms with Crippen LogP contribution in [0.4, 0.5) is 19.3 Å². The lowest BCUT2D eigenvalue weighted by molar-refractivity contribution is -0.145. The second-order valence-corrected chi connectivity index (χ2v) is 16.9. The number of anilines is 1. The number of nitrogens with one attached hydrogen (secondary N) is 4. The normalized spacial score (nSPS) is 20.1. The van der Waals surface area contributed by atoms with Gasteiger partial charge in [0, 0.05) is 55.5 Å². The smallest absolute Gasteiger partial charge is 0.407 e. The molecule has 64 heavy (non-hydrogen) atoms. The molecule has 1 saturated carbocycles. The van der Waals surface area contributed by atoms with Gasteiger partial charge in [0.25, 0.3) is 11.8 Å². The fraction of sp³-hybridized carbons (Fsp3) is 0.404. The molecule has 4 N–H and O–H groups in total. The number of carbonyl (C=O) groups is 4. The van der Waals surface area contributed by atoms with Crippen LogP contribution < -0.4 is 15.5 Å². The van der Waals surface area contributed by atoms with Crippen molar-refractivity contribution in [1.82, 2.24) is 40.4 Å². The fourth-order valence-electron chi connectivity index (χ4n) is 9.21.